The van der Waals surface area contributed by atoms with E-state index in [9.17, 15) is 4.39 Å². The summed E-state index contributed by atoms with van der Waals surface area (Å²) < 4.78 is 18.1. The molecule has 1 N–H and O–H groups in total. The van der Waals surface area contributed by atoms with Gasteiger partial charge in [0.15, 0.2) is 0 Å². The maximum absolute atomic E-state index is 12.6. The van der Waals surface area contributed by atoms with Crippen LogP contribution < -0.4 is 5.32 Å². The highest BCUT2D eigenvalue weighted by Gasteiger charge is 2.21. The predicted molar refractivity (Wildman–Crippen MR) is 47.7 cm³/mol. The Balaban J connectivity index is 2.13. The van der Waals surface area contributed by atoms with Crippen LogP contribution in [0, 0.1) is 5.82 Å². The quantitative estimate of drug-likeness (QED) is 0.713. The molecular formula is C10H12FNO. The van der Waals surface area contributed by atoms with Gasteiger partial charge in [-0.05, 0) is 24.6 Å². The minimum atomic E-state index is -0.213. The fourth-order valence-electron chi connectivity index (χ4n) is 1.44. The third kappa shape index (κ3) is 1.87. The van der Waals surface area contributed by atoms with Crippen LogP contribution in [0.5, 0.6) is 0 Å². The molecule has 0 amide bonds. The largest absolute Gasteiger partial charge is 0.355 e. The number of halogens is 1. The first-order valence-electron chi connectivity index (χ1n) is 4.40. The Bertz CT molecular complexity index is 285. The number of rotatable bonds is 1. The highest BCUT2D eigenvalue weighted by molar-refractivity contribution is 5.18. The summed E-state index contributed by atoms with van der Waals surface area (Å²) in [4.78, 5) is 0. The fraction of sp³-hybridized carbons (Fsp3) is 0.400. The zero-order valence-corrected chi connectivity index (χ0v) is 7.46. The molecule has 1 aromatic rings. The van der Waals surface area contributed by atoms with Gasteiger partial charge in [-0.2, -0.15) is 0 Å². The standard InChI is InChI=1S/C10H12FNO/c1-7-6-12-10(13-7)8-2-4-9(11)5-3-8/h2-5,7,10,12H,6H2,1H3. The number of ether oxygens (including phenoxy) is 1. The second kappa shape index (κ2) is 3.44. The van der Waals surface area contributed by atoms with Crippen molar-refractivity contribution >= 4 is 0 Å². The highest BCUT2D eigenvalue weighted by atomic mass is 19.1. The molecule has 2 rings (SSSR count). The van der Waals surface area contributed by atoms with E-state index in [0.717, 1.165) is 12.1 Å². The highest BCUT2D eigenvalue weighted by Crippen LogP contribution is 2.20. The molecule has 0 bridgehead atoms. The summed E-state index contributed by atoms with van der Waals surface area (Å²) in [6.07, 6.45) is 0.158. The lowest BCUT2D eigenvalue weighted by atomic mass is 10.2. The molecule has 2 nitrogen and oxygen atoms in total. The van der Waals surface area contributed by atoms with Crippen molar-refractivity contribution in [3.8, 4) is 0 Å². The molecule has 1 aliphatic heterocycles. The smallest absolute Gasteiger partial charge is 0.134 e. The van der Waals surface area contributed by atoms with Crippen molar-refractivity contribution in [3.05, 3.63) is 35.6 Å². The van der Waals surface area contributed by atoms with E-state index in [0.29, 0.717) is 0 Å². The van der Waals surface area contributed by atoms with E-state index < -0.39 is 0 Å². The van der Waals surface area contributed by atoms with Crippen LogP contribution in [-0.4, -0.2) is 12.6 Å². The third-order valence-electron chi connectivity index (χ3n) is 2.13. The minimum absolute atomic E-state index is 0.0735. The van der Waals surface area contributed by atoms with Crippen LogP contribution >= 0.6 is 0 Å². The summed E-state index contributed by atoms with van der Waals surface area (Å²) in [5, 5.41) is 3.20. The topological polar surface area (TPSA) is 21.3 Å². The summed E-state index contributed by atoms with van der Waals surface area (Å²) >= 11 is 0. The monoisotopic (exact) mass is 181 g/mol. The van der Waals surface area contributed by atoms with Crippen LogP contribution in [0.25, 0.3) is 0 Å². The summed E-state index contributed by atoms with van der Waals surface area (Å²) in [5.41, 5.74) is 0.978. The summed E-state index contributed by atoms with van der Waals surface area (Å²) in [6, 6.07) is 6.38. The van der Waals surface area contributed by atoms with Gasteiger partial charge in [0.2, 0.25) is 0 Å². The number of benzene rings is 1. The number of hydrogen-bond acceptors (Lipinski definition) is 2. The predicted octanol–water partition coefficient (Wildman–Crippen LogP) is 1.83. The maximum atomic E-state index is 12.6. The van der Waals surface area contributed by atoms with Crippen molar-refractivity contribution in [3.63, 3.8) is 0 Å². The molecule has 70 valence electrons. The van der Waals surface area contributed by atoms with Gasteiger partial charge in [-0.1, -0.05) is 12.1 Å². The van der Waals surface area contributed by atoms with Crippen LogP contribution in [0.3, 0.4) is 0 Å². The molecule has 2 unspecified atom stereocenters. The second-order valence-electron chi connectivity index (χ2n) is 3.29. The first-order valence-corrected chi connectivity index (χ1v) is 4.40. The molecule has 0 spiro atoms. The zero-order valence-electron chi connectivity index (χ0n) is 7.46. The van der Waals surface area contributed by atoms with Crippen molar-refractivity contribution in [1.82, 2.24) is 5.32 Å². The van der Waals surface area contributed by atoms with E-state index in [1.54, 1.807) is 12.1 Å². The Kier molecular flexibility index (Phi) is 2.29. The Hall–Kier alpha value is -0.930. The molecule has 1 heterocycles. The van der Waals surface area contributed by atoms with Crippen molar-refractivity contribution < 1.29 is 9.13 Å². The fourth-order valence-corrected chi connectivity index (χ4v) is 1.44. The SMILES string of the molecule is CC1CNC(c2ccc(F)cc2)O1. The Morgan fingerprint density at radius 1 is 1.38 bits per heavy atom. The van der Waals surface area contributed by atoms with Crippen molar-refractivity contribution in [2.24, 2.45) is 0 Å². The number of nitrogens with one attached hydrogen (secondary N) is 1. The zero-order chi connectivity index (χ0) is 9.26. The van der Waals surface area contributed by atoms with E-state index in [-0.39, 0.29) is 18.1 Å². The first-order chi connectivity index (χ1) is 6.25. The summed E-state index contributed by atoms with van der Waals surface area (Å²) in [5.74, 6) is -0.213. The van der Waals surface area contributed by atoms with E-state index in [4.69, 9.17) is 4.74 Å². The lowest BCUT2D eigenvalue weighted by Gasteiger charge is -2.10. The normalized spacial score (nSPS) is 27.8. The molecule has 2 atom stereocenters. The van der Waals surface area contributed by atoms with Gasteiger partial charge < -0.3 is 4.74 Å². The lowest BCUT2D eigenvalue weighted by Crippen LogP contribution is -2.14. The van der Waals surface area contributed by atoms with Gasteiger partial charge in [-0.3, -0.25) is 5.32 Å². The van der Waals surface area contributed by atoms with Crippen molar-refractivity contribution in [2.75, 3.05) is 6.54 Å². The molecule has 3 heteroatoms. The van der Waals surface area contributed by atoms with Gasteiger partial charge in [0.05, 0.1) is 6.10 Å². The van der Waals surface area contributed by atoms with Gasteiger partial charge in [-0.25, -0.2) is 4.39 Å². The maximum Gasteiger partial charge on any atom is 0.134 e. The average molecular weight is 181 g/mol. The van der Waals surface area contributed by atoms with E-state index in [1.807, 2.05) is 6.92 Å². The average Bonchev–Trinajstić information content (AvgIpc) is 2.53. The second-order valence-corrected chi connectivity index (χ2v) is 3.29. The molecule has 0 aromatic heterocycles. The molecule has 1 saturated heterocycles. The number of hydrogen-bond donors (Lipinski definition) is 1. The van der Waals surface area contributed by atoms with Gasteiger partial charge in [0.1, 0.15) is 12.0 Å². The molecule has 0 saturated carbocycles. The van der Waals surface area contributed by atoms with Crippen LogP contribution in [0.2, 0.25) is 0 Å². The van der Waals surface area contributed by atoms with Crippen LogP contribution in [-0.2, 0) is 4.74 Å². The summed E-state index contributed by atoms with van der Waals surface area (Å²) in [6.45, 7) is 2.86. The minimum Gasteiger partial charge on any atom is -0.355 e. The van der Waals surface area contributed by atoms with Crippen LogP contribution in [0.15, 0.2) is 24.3 Å². The Morgan fingerprint density at radius 2 is 2.08 bits per heavy atom. The van der Waals surface area contributed by atoms with Crippen molar-refractivity contribution in [1.29, 1.82) is 0 Å². The van der Waals surface area contributed by atoms with Crippen LogP contribution in [0.4, 0.5) is 4.39 Å². The van der Waals surface area contributed by atoms with Gasteiger partial charge in [-0.15, -0.1) is 0 Å². The molecule has 1 fully saturated rings. The molecule has 13 heavy (non-hydrogen) atoms. The van der Waals surface area contributed by atoms with Crippen molar-refractivity contribution in [2.45, 2.75) is 19.3 Å². The molecule has 1 aromatic carbocycles. The Labute approximate surface area is 76.7 Å². The van der Waals surface area contributed by atoms with Gasteiger partial charge in [0, 0.05) is 6.54 Å². The molecule has 0 aliphatic carbocycles. The van der Waals surface area contributed by atoms with Gasteiger partial charge >= 0.3 is 0 Å². The molecular weight excluding hydrogens is 169 g/mol. The molecule has 0 radical (unpaired) electrons. The third-order valence-corrected chi connectivity index (χ3v) is 2.13. The lowest BCUT2D eigenvalue weighted by molar-refractivity contribution is 0.0510. The Morgan fingerprint density at radius 3 is 2.62 bits per heavy atom. The van der Waals surface area contributed by atoms with E-state index in [1.165, 1.54) is 12.1 Å². The van der Waals surface area contributed by atoms with E-state index >= 15 is 0 Å². The molecule has 1 aliphatic rings. The van der Waals surface area contributed by atoms with E-state index in [2.05, 4.69) is 5.32 Å². The summed E-state index contributed by atoms with van der Waals surface area (Å²) in [7, 11) is 0. The van der Waals surface area contributed by atoms with Gasteiger partial charge in [0.25, 0.3) is 0 Å². The van der Waals surface area contributed by atoms with Crippen LogP contribution in [0.1, 0.15) is 18.7 Å². The first kappa shape index (κ1) is 8.66.